The van der Waals surface area contributed by atoms with Gasteiger partial charge in [-0.2, -0.15) is 0 Å². The van der Waals surface area contributed by atoms with Gasteiger partial charge in [0.1, 0.15) is 11.4 Å². The zero-order chi connectivity index (χ0) is 18.1. The van der Waals surface area contributed by atoms with Crippen LogP contribution in [-0.4, -0.2) is 34.2 Å². The van der Waals surface area contributed by atoms with E-state index >= 15 is 0 Å². The lowest BCUT2D eigenvalue weighted by Gasteiger charge is -2.06. The van der Waals surface area contributed by atoms with Gasteiger partial charge in [-0.3, -0.25) is 0 Å². The molecule has 0 atom stereocenters. The average molecular weight is 353 g/mol. The maximum atomic E-state index is 13.7. The summed E-state index contributed by atoms with van der Waals surface area (Å²) in [7, 11) is 1.30. The van der Waals surface area contributed by atoms with Crippen molar-refractivity contribution in [2.75, 3.05) is 13.7 Å². The van der Waals surface area contributed by atoms with Crippen molar-refractivity contribution in [1.29, 1.82) is 0 Å². The molecule has 0 fully saturated rings. The Hall–Kier alpha value is -3.35. The molecule has 0 aliphatic heterocycles. The molecule has 26 heavy (non-hydrogen) atoms. The van der Waals surface area contributed by atoms with Gasteiger partial charge in [-0.15, -0.1) is 0 Å². The molecular weight excluding hydrogens is 337 g/mol. The number of hydrogen-bond acceptors (Lipinski definition) is 4. The Kier molecular flexibility index (Phi) is 4.04. The maximum Gasteiger partial charge on any atom is 0.343 e. The monoisotopic (exact) mass is 353 g/mol. The predicted octanol–water partition coefficient (Wildman–Crippen LogP) is 3.66. The van der Waals surface area contributed by atoms with Crippen molar-refractivity contribution in [3.05, 3.63) is 48.7 Å². The van der Waals surface area contributed by atoms with Crippen LogP contribution in [0.2, 0.25) is 0 Å². The maximum absolute atomic E-state index is 13.7. The molecule has 1 N–H and O–H groups in total. The van der Waals surface area contributed by atoms with E-state index in [0.29, 0.717) is 11.4 Å². The fraction of sp³-hybridized carbons (Fsp3) is 0.158. The minimum atomic E-state index is -0.663. The normalized spacial score (nSPS) is 11.2. The molecule has 132 valence electrons. The number of nitrogens with one attached hydrogen (secondary N) is 1. The number of esters is 1. The van der Waals surface area contributed by atoms with E-state index in [1.165, 1.54) is 7.11 Å². The summed E-state index contributed by atoms with van der Waals surface area (Å²) in [4.78, 5) is 18.7. The van der Waals surface area contributed by atoms with E-state index in [9.17, 15) is 9.18 Å². The number of hydrogen-bond donors (Lipinski definition) is 1. The van der Waals surface area contributed by atoms with Gasteiger partial charge in [0.2, 0.25) is 0 Å². The number of pyridine rings is 1. The van der Waals surface area contributed by atoms with E-state index in [0.717, 1.165) is 27.6 Å². The second-order valence-electron chi connectivity index (χ2n) is 5.79. The molecule has 3 heterocycles. The lowest BCUT2D eigenvalue weighted by atomic mass is 10.2. The van der Waals surface area contributed by atoms with Crippen LogP contribution in [0.1, 0.15) is 0 Å². The largest absolute Gasteiger partial charge is 0.482 e. The van der Waals surface area contributed by atoms with Crippen LogP contribution in [0.25, 0.3) is 33.3 Å². The fourth-order valence-electron chi connectivity index (χ4n) is 2.99. The van der Waals surface area contributed by atoms with Crippen LogP contribution in [0.4, 0.5) is 4.39 Å². The Morgan fingerprint density at radius 1 is 1.23 bits per heavy atom. The molecule has 7 heteroatoms. The molecule has 0 aliphatic rings. The number of fused-ring (bicyclic) bond motifs is 2. The highest BCUT2D eigenvalue weighted by Gasteiger charge is 2.14. The minimum absolute atomic E-state index is 0.174. The highest BCUT2D eigenvalue weighted by atomic mass is 19.1. The van der Waals surface area contributed by atoms with Crippen LogP contribution in [0, 0.1) is 0 Å². The minimum Gasteiger partial charge on any atom is -0.482 e. The zero-order valence-electron chi connectivity index (χ0n) is 14.0. The van der Waals surface area contributed by atoms with Crippen molar-refractivity contribution >= 4 is 27.9 Å². The van der Waals surface area contributed by atoms with E-state index in [2.05, 4.69) is 14.7 Å². The summed E-state index contributed by atoms with van der Waals surface area (Å²) in [5.74, 6) is 0.0569. The summed E-state index contributed by atoms with van der Waals surface area (Å²) in [6.45, 7) is -0.837. The van der Waals surface area contributed by atoms with E-state index in [1.54, 1.807) is 29.0 Å². The first-order valence-corrected chi connectivity index (χ1v) is 8.02. The average Bonchev–Trinajstić information content (AvgIpc) is 3.26. The van der Waals surface area contributed by atoms with Crippen molar-refractivity contribution in [1.82, 2.24) is 14.5 Å². The fourth-order valence-corrected chi connectivity index (χ4v) is 2.99. The Labute approximate surface area is 148 Å². The third-order valence-corrected chi connectivity index (χ3v) is 4.24. The Morgan fingerprint density at radius 3 is 2.88 bits per heavy atom. The Bertz CT molecular complexity index is 1070. The molecule has 4 rings (SSSR count). The van der Waals surface area contributed by atoms with Gasteiger partial charge >= 0.3 is 5.97 Å². The molecule has 1 aromatic carbocycles. The number of benzene rings is 1. The standard InChI is InChI=1S/C19H16FN3O3/c1-25-18(24)10-26-14-4-5-16-13(7-14)9-17(23(16)11-20)15-8-12-3-2-6-21-19(12)22-15/h2-9H,10-11H2,1H3,(H,21,22). The summed E-state index contributed by atoms with van der Waals surface area (Å²) in [5.41, 5.74) is 2.98. The second-order valence-corrected chi connectivity index (χ2v) is 5.79. The molecule has 0 radical (unpaired) electrons. The van der Waals surface area contributed by atoms with Gasteiger partial charge in [-0.25, -0.2) is 14.2 Å². The van der Waals surface area contributed by atoms with Gasteiger partial charge < -0.3 is 19.0 Å². The van der Waals surface area contributed by atoms with E-state index < -0.39 is 12.8 Å². The molecule has 6 nitrogen and oxygen atoms in total. The SMILES string of the molecule is COC(=O)COc1ccc2c(c1)cc(-c1cc3cccnc3[nH]1)n2CF. The summed E-state index contributed by atoms with van der Waals surface area (Å²) in [5, 5.41) is 1.77. The number of ether oxygens (including phenoxy) is 2. The zero-order valence-corrected chi connectivity index (χ0v) is 14.0. The van der Waals surface area contributed by atoms with Crippen molar-refractivity contribution in [2.45, 2.75) is 6.80 Å². The highest BCUT2D eigenvalue weighted by molar-refractivity contribution is 5.90. The van der Waals surface area contributed by atoms with Gasteiger partial charge in [-0.05, 0) is 42.5 Å². The molecule has 0 saturated carbocycles. The van der Waals surface area contributed by atoms with Crippen molar-refractivity contribution in [3.63, 3.8) is 0 Å². The summed E-state index contributed by atoms with van der Waals surface area (Å²) in [6, 6.07) is 12.9. The number of aromatic amines is 1. The third kappa shape index (κ3) is 2.77. The molecule has 0 unspecified atom stereocenters. The first-order chi connectivity index (χ1) is 12.7. The van der Waals surface area contributed by atoms with Gasteiger partial charge in [0.05, 0.1) is 24.0 Å². The van der Waals surface area contributed by atoms with Crippen molar-refractivity contribution < 1.29 is 18.7 Å². The van der Waals surface area contributed by atoms with E-state index in [4.69, 9.17) is 4.74 Å². The number of carbonyl (C=O) groups is 1. The Balaban J connectivity index is 1.76. The number of methoxy groups -OCH3 is 1. The summed E-state index contributed by atoms with van der Waals surface area (Å²) in [6.07, 6.45) is 1.71. The van der Waals surface area contributed by atoms with Crippen LogP contribution in [0.5, 0.6) is 5.75 Å². The number of alkyl halides is 1. The number of nitrogens with zero attached hydrogens (tertiary/aromatic N) is 2. The highest BCUT2D eigenvalue weighted by Crippen LogP contribution is 2.31. The van der Waals surface area contributed by atoms with Crippen molar-refractivity contribution in [3.8, 4) is 17.1 Å². The summed E-state index contributed by atoms with van der Waals surface area (Å²) >= 11 is 0. The third-order valence-electron chi connectivity index (χ3n) is 4.24. The second kappa shape index (κ2) is 6.51. The molecule has 3 aromatic heterocycles. The van der Waals surface area contributed by atoms with Crippen LogP contribution in [-0.2, 0) is 16.3 Å². The lowest BCUT2D eigenvalue weighted by Crippen LogP contribution is -2.12. The van der Waals surface area contributed by atoms with Gasteiger partial charge in [0.25, 0.3) is 0 Å². The first-order valence-electron chi connectivity index (χ1n) is 8.02. The van der Waals surface area contributed by atoms with Crippen molar-refractivity contribution in [2.24, 2.45) is 0 Å². The van der Waals surface area contributed by atoms with Gasteiger partial charge in [-0.1, -0.05) is 0 Å². The topological polar surface area (TPSA) is 69.1 Å². The van der Waals surface area contributed by atoms with Crippen LogP contribution in [0.3, 0.4) is 0 Å². The van der Waals surface area contributed by atoms with Crippen LogP contribution < -0.4 is 4.74 Å². The van der Waals surface area contributed by atoms with Gasteiger partial charge in [0.15, 0.2) is 13.4 Å². The quantitative estimate of drug-likeness (QED) is 0.556. The molecule has 0 saturated heterocycles. The van der Waals surface area contributed by atoms with Crippen LogP contribution >= 0.6 is 0 Å². The number of aromatic nitrogens is 3. The smallest absolute Gasteiger partial charge is 0.343 e. The molecule has 0 spiro atoms. The Morgan fingerprint density at radius 2 is 2.12 bits per heavy atom. The molecule has 0 amide bonds. The lowest BCUT2D eigenvalue weighted by molar-refractivity contribution is -0.142. The number of carbonyl (C=O) groups excluding carboxylic acids is 1. The summed E-state index contributed by atoms with van der Waals surface area (Å²) < 4.78 is 25.3. The number of H-pyrrole nitrogens is 1. The molecule has 0 aliphatic carbocycles. The van der Waals surface area contributed by atoms with E-state index in [-0.39, 0.29) is 6.61 Å². The molecule has 0 bridgehead atoms. The number of rotatable bonds is 5. The molecular formula is C19H16FN3O3. The molecule has 4 aromatic rings. The van der Waals surface area contributed by atoms with E-state index in [1.807, 2.05) is 24.3 Å². The first kappa shape index (κ1) is 16.1. The predicted molar refractivity (Wildman–Crippen MR) is 95.6 cm³/mol. The number of halogens is 1. The van der Waals surface area contributed by atoms with Crippen LogP contribution in [0.15, 0.2) is 48.7 Å². The van der Waals surface area contributed by atoms with Gasteiger partial charge in [0, 0.05) is 17.0 Å².